The summed E-state index contributed by atoms with van der Waals surface area (Å²) in [6.45, 7) is 8.68. The first kappa shape index (κ1) is 18.7. The molecule has 0 radical (unpaired) electrons. The van der Waals surface area contributed by atoms with E-state index in [0.717, 1.165) is 32.1 Å². The van der Waals surface area contributed by atoms with E-state index in [1.165, 1.54) is 0 Å². The van der Waals surface area contributed by atoms with Crippen LogP contribution >= 0.6 is 0 Å². The third kappa shape index (κ3) is 7.97. The average Bonchev–Trinajstić information content (AvgIpc) is 2.44. The lowest BCUT2D eigenvalue weighted by Crippen LogP contribution is -2.20. The van der Waals surface area contributed by atoms with Crippen molar-refractivity contribution in [3.63, 3.8) is 0 Å². The Kier molecular flexibility index (Phi) is 10.7. The number of unbranched alkanes of at least 4 members (excludes halogenated alkanes) is 2. The Labute approximate surface area is 122 Å². The second kappa shape index (κ2) is 11.5. The van der Waals surface area contributed by atoms with E-state index in [0.29, 0.717) is 13.2 Å². The van der Waals surface area contributed by atoms with Gasteiger partial charge < -0.3 is 9.47 Å². The molecule has 0 aliphatic rings. The van der Waals surface area contributed by atoms with Crippen molar-refractivity contribution in [3.8, 4) is 0 Å². The third-order valence-electron chi connectivity index (χ3n) is 3.00. The fourth-order valence-electron chi connectivity index (χ4n) is 1.40. The Bertz CT molecular complexity index is 296. The summed E-state index contributed by atoms with van der Waals surface area (Å²) in [7, 11) is 0. The molecule has 0 spiro atoms. The largest absolute Gasteiger partial charge is 0.462 e. The minimum Gasteiger partial charge on any atom is -0.462 e. The Morgan fingerprint density at radius 3 is 1.75 bits per heavy atom. The van der Waals surface area contributed by atoms with E-state index in [-0.39, 0.29) is 11.5 Å². The Balaban J connectivity index is 4.67. The minimum atomic E-state index is -0.569. The molecule has 4 nitrogen and oxygen atoms in total. The van der Waals surface area contributed by atoms with Gasteiger partial charge in [-0.3, -0.25) is 0 Å². The number of hydrogen-bond acceptors (Lipinski definition) is 4. The quantitative estimate of drug-likeness (QED) is 0.202. The highest BCUT2D eigenvalue weighted by molar-refractivity contribution is 6.14. The number of ether oxygens (including phenoxy) is 2. The fourth-order valence-corrected chi connectivity index (χ4v) is 1.40. The summed E-state index contributed by atoms with van der Waals surface area (Å²) in [6.07, 6.45) is 5.99. The maximum absolute atomic E-state index is 12.0. The lowest BCUT2D eigenvalue weighted by Gasteiger charge is -2.10. The third-order valence-corrected chi connectivity index (χ3v) is 3.00. The van der Waals surface area contributed by atoms with Crippen LogP contribution in [0.2, 0.25) is 0 Å². The van der Waals surface area contributed by atoms with Gasteiger partial charge in [0.2, 0.25) is 0 Å². The normalized spacial score (nSPS) is 11.6. The molecule has 116 valence electrons. The number of hydrogen-bond donors (Lipinski definition) is 0. The van der Waals surface area contributed by atoms with Crippen LogP contribution in [0.25, 0.3) is 0 Å². The summed E-state index contributed by atoms with van der Waals surface area (Å²) in [6, 6.07) is 0. The number of carbonyl (C=O) groups is 2. The topological polar surface area (TPSA) is 52.6 Å². The van der Waals surface area contributed by atoms with Crippen molar-refractivity contribution in [3.05, 3.63) is 11.6 Å². The highest BCUT2D eigenvalue weighted by Gasteiger charge is 2.22. The van der Waals surface area contributed by atoms with E-state index in [9.17, 15) is 9.59 Å². The molecule has 0 rings (SSSR count). The molecular formula is C16H28O4. The first-order valence-corrected chi connectivity index (χ1v) is 7.62. The SMILES string of the molecule is CCCCOC(=O)C(=CC(C)CC)C(=O)OCCCC. The van der Waals surface area contributed by atoms with Crippen LogP contribution in [0.1, 0.15) is 59.8 Å². The summed E-state index contributed by atoms with van der Waals surface area (Å²) < 4.78 is 10.2. The van der Waals surface area contributed by atoms with E-state index >= 15 is 0 Å². The maximum atomic E-state index is 12.0. The lowest BCUT2D eigenvalue weighted by atomic mass is 10.1. The minimum absolute atomic E-state index is 0.0338. The van der Waals surface area contributed by atoms with Gasteiger partial charge in [0, 0.05) is 0 Å². The van der Waals surface area contributed by atoms with Gasteiger partial charge in [-0.1, -0.05) is 53.0 Å². The van der Waals surface area contributed by atoms with Crippen LogP contribution in [-0.4, -0.2) is 25.2 Å². The molecule has 1 unspecified atom stereocenters. The molecule has 0 N–H and O–H groups in total. The van der Waals surface area contributed by atoms with Crippen molar-refractivity contribution in [1.82, 2.24) is 0 Å². The van der Waals surface area contributed by atoms with Crippen LogP contribution in [0.5, 0.6) is 0 Å². The van der Waals surface area contributed by atoms with E-state index in [1.807, 2.05) is 27.7 Å². The van der Waals surface area contributed by atoms with Crippen LogP contribution < -0.4 is 0 Å². The standard InChI is InChI=1S/C16H28O4/c1-5-8-10-19-15(17)14(12-13(4)7-3)16(18)20-11-9-6-2/h12-13H,5-11H2,1-4H3. The van der Waals surface area contributed by atoms with Crippen molar-refractivity contribution in [2.24, 2.45) is 5.92 Å². The molecule has 0 fully saturated rings. The number of esters is 2. The molecule has 0 heterocycles. The maximum Gasteiger partial charge on any atom is 0.345 e. The molecule has 0 saturated carbocycles. The Hall–Kier alpha value is -1.32. The first-order valence-electron chi connectivity index (χ1n) is 7.62. The van der Waals surface area contributed by atoms with Crippen molar-refractivity contribution in [1.29, 1.82) is 0 Å². The molecular weight excluding hydrogens is 256 g/mol. The van der Waals surface area contributed by atoms with Gasteiger partial charge in [-0.2, -0.15) is 0 Å². The van der Waals surface area contributed by atoms with E-state index < -0.39 is 11.9 Å². The van der Waals surface area contributed by atoms with Gasteiger partial charge in [0.15, 0.2) is 0 Å². The molecule has 1 atom stereocenters. The van der Waals surface area contributed by atoms with Crippen LogP contribution in [0.3, 0.4) is 0 Å². The molecule has 0 bridgehead atoms. The van der Waals surface area contributed by atoms with Gasteiger partial charge in [0.1, 0.15) is 5.57 Å². The van der Waals surface area contributed by atoms with Crippen molar-refractivity contribution in [2.45, 2.75) is 59.8 Å². The monoisotopic (exact) mass is 284 g/mol. The van der Waals surface area contributed by atoms with E-state index in [1.54, 1.807) is 6.08 Å². The fraction of sp³-hybridized carbons (Fsp3) is 0.750. The molecule has 4 heteroatoms. The average molecular weight is 284 g/mol. The molecule has 0 amide bonds. The van der Waals surface area contributed by atoms with Crippen LogP contribution in [0.15, 0.2) is 11.6 Å². The molecule has 0 saturated heterocycles. The van der Waals surface area contributed by atoms with Crippen LogP contribution in [0, 0.1) is 5.92 Å². The van der Waals surface area contributed by atoms with Gasteiger partial charge in [-0.25, -0.2) is 9.59 Å². The molecule has 0 aromatic heterocycles. The summed E-state index contributed by atoms with van der Waals surface area (Å²) in [5, 5.41) is 0. The summed E-state index contributed by atoms with van der Waals surface area (Å²) in [4.78, 5) is 23.9. The zero-order valence-corrected chi connectivity index (χ0v) is 13.2. The van der Waals surface area contributed by atoms with E-state index in [4.69, 9.17) is 9.47 Å². The predicted molar refractivity (Wildman–Crippen MR) is 79.3 cm³/mol. The molecule has 0 aliphatic heterocycles. The lowest BCUT2D eigenvalue weighted by molar-refractivity contribution is -0.147. The Morgan fingerprint density at radius 1 is 0.950 bits per heavy atom. The van der Waals surface area contributed by atoms with Crippen LogP contribution in [0.4, 0.5) is 0 Å². The van der Waals surface area contributed by atoms with Gasteiger partial charge >= 0.3 is 11.9 Å². The molecule has 20 heavy (non-hydrogen) atoms. The van der Waals surface area contributed by atoms with Crippen molar-refractivity contribution < 1.29 is 19.1 Å². The molecule has 0 aliphatic carbocycles. The number of rotatable bonds is 10. The molecule has 0 aromatic carbocycles. The summed E-state index contributed by atoms with van der Waals surface area (Å²) >= 11 is 0. The highest BCUT2D eigenvalue weighted by Crippen LogP contribution is 2.11. The van der Waals surface area contributed by atoms with Gasteiger partial charge in [-0.15, -0.1) is 0 Å². The predicted octanol–water partition coefficient (Wildman–Crippen LogP) is 3.65. The second-order valence-corrected chi connectivity index (χ2v) is 4.94. The number of carbonyl (C=O) groups excluding carboxylic acids is 2. The van der Waals surface area contributed by atoms with Crippen molar-refractivity contribution in [2.75, 3.05) is 13.2 Å². The summed E-state index contributed by atoms with van der Waals surface area (Å²) in [5.74, 6) is -0.997. The summed E-state index contributed by atoms with van der Waals surface area (Å²) in [5.41, 5.74) is 0.0338. The van der Waals surface area contributed by atoms with Gasteiger partial charge in [-0.05, 0) is 18.8 Å². The first-order chi connectivity index (χ1) is 9.56. The van der Waals surface area contributed by atoms with Crippen molar-refractivity contribution >= 4 is 11.9 Å². The number of allylic oxidation sites excluding steroid dienone is 1. The van der Waals surface area contributed by atoms with Gasteiger partial charge in [0.25, 0.3) is 0 Å². The molecule has 0 aromatic rings. The zero-order valence-electron chi connectivity index (χ0n) is 13.2. The second-order valence-electron chi connectivity index (χ2n) is 4.94. The van der Waals surface area contributed by atoms with Crippen LogP contribution in [-0.2, 0) is 19.1 Å². The van der Waals surface area contributed by atoms with Gasteiger partial charge in [0.05, 0.1) is 13.2 Å². The Morgan fingerprint density at radius 2 is 1.40 bits per heavy atom. The van der Waals surface area contributed by atoms with E-state index in [2.05, 4.69) is 0 Å². The smallest absolute Gasteiger partial charge is 0.345 e. The highest BCUT2D eigenvalue weighted by atomic mass is 16.6. The zero-order chi connectivity index (χ0) is 15.4.